The van der Waals surface area contributed by atoms with Crippen LogP contribution in [0.15, 0.2) is 40.7 Å². The van der Waals surface area contributed by atoms with E-state index in [9.17, 15) is 4.79 Å². The van der Waals surface area contributed by atoms with Crippen molar-refractivity contribution in [2.45, 2.75) is 26.9 Å². The number of hydrogen-bond acceptors (Lipinski definition) is 4. The average Bonchev–Trinajstić information content (AvgIpc) is 3.03. The molecular weight excluding hydrogens is 336 g/mol. The highest BCUT2D eigenvalue weighted by Gasteiger charge is 2.03. The Morgan fingerprint density at radius 1 is 1.20 bits per heavy atom. The molecule has 0 saturated heterocycles. The molecule has 0 spiro atoms. The summed E-state index contributed by atoms with van der Waals surface area (Å²) < 4.78 is 4.57. The lowest BCUT2D eigenvalue weighted by Gasteiger charge is -2.11. The molecule has 25 heavy (non-hydrogen) atoms. The molecule has 0 saturated carbocycles. The molecule has 1 aromatic heterocycles. The van der Waals surface area contributed by atoms with Crippen LogP contribution >= 0.6 is 11.3 Å². The summed E-state index contributed by atoms with van der Waals surface area (Å²) in [6.07, 6.45) is -0.478. The van der Waals surface area contributed by atoms with E-state index in [4.69, 9.17) is 0 Å². The van der Waals surface area contributed by atoms with Crippen LogP contribution in [0, 0.1) is 6.92 Å². The summed E-state index contributed by atoms with van der Waals surface area (Å²) in [7, 11) is 1.34. The molecular formula is C18H24N4O2S. The molecule has 2 rings (SSSR count). The first-order valence-electron chi connectivity index (χ1n) is 8.11. The summed E-state index contributed by atoms with van der Waals surface area (Å²) in [6.45, 7) is 6.27. The van der Waals surface area contributed by atoms with Crippen LogP contribution in [0.2, 0.25) is 0 Å². The number of hydrogen-bond donors (Lipinski definition) is 3. The van der Waals surface area contributed by atoms with Gasteiger partial charge in [-0.05, 0) is 48.6 Å². The van der Waals surface area contributed by atoms with Crippen LogP contribution in [-0.4, -0.2) is 25.7 Å². The van der Waals surface area contributed by atoms with Crippen molar-refractivity contribution in [3.8, 4) is 0 Å². The smallest absolute Gasteiger partial charge is 0.411 e. The molecule has 3 N–H and O–H groups in total. The van der Waals surface area contributed by atoms with E-state index in [0.29, 0.717) is 12.2 Å². The highest BCUT2D eigenvalue weighted by molar-refractivity contribution is 7.10. The van der Waals surface area contributed by atoms with Gasteiger partial charge in [-0.15, -0.1) is 11.3 Å². The lowest BCUT2D eigenvalue weighted by molar-refractivity contribution is 0.187. The number of nitrogens with one attached hydrogen (secondary N) is 3. The molecule has 0 bridgehead atoms. The monoisotopic (exact) mass is 360 g/mol. The van der Waals surface area contributed by atoms with Crippen LogP contribution in [0.3, 0.4) is 0 Å². The first kappa shape index (κ1) is 18.8. The highest BCUT2D eigenvalue weighted by atomic mass is 32.1. The van der Waals surface area contributed by atoms with E-state index in [1.54, 1.807) is 11.3 Å². The Morgan fingerprint density at radius 3 is 2.56 bits per heavy atom. The molecule has 0 aliphatic carbocycles. The van der Waals surface area contributed by atoms with E-state index in [0.717, 1.165) is 24.6 Å². The molecule has 1 amide bonds. The van der Waals surface area contributed by atoms with Crippen LogP contribution in [0.5, 0.6) is 0 Å². The van der Waals surface area contributed by atoms with Gasteiger partial charge in [-0.25, -0.2) is 9.79 Å². The SMILES string of the molecule is CCNC(=NCc1ccc(NC(=O)OC)cc1)NCc1sccc1C. The Balaban J connectivity index is 1.93. The second kappa shape index (κ2) is 9.68. The second-order valence-electron chi connectivity index (χ2n) is 5.39. The summed E-state index contributed by atoms with van der Waals surface area (Å²) in [5.74, 6) is 0.784. The molecule has 0 atom stereocenters. The minimum Gasteiger partial charge on any atom is -0.453 e. The number of anilines is 1. The van der Waals surface area contributed by atoms with Crippen molar-refractivity contribution >= 4 is 29.1 Å². The predicted molar refractivity (Wildman–Crippen MR) is 103 cm³/mol. The molecule has 7 heteroatoms. The fourth-order valence-corrected chi connectivity index (χ4v) is 2.97. The molecule has 0 aliphatic rings. The number of thiophene rings is 1. The zero-order valence-electron chi connectivity index (χ0n) is 14.8. The third-order valence-corrected chi connectivity index (χ3v) is 4.56. The normalized spacial score (nSPS) is 11.1. The van der Waals surface area contributed by atoms with E-state index >= 15 is 0 Å². The number of amides is 1. The summed E-state index contributed by atoms with van der Waals surface area (Å²) in [4.78, 5) is 17.1. The van der Waals surface area contributed by atoms with Crippen molar-refractivity contribution < 1.29 is 9.53 Å². The van der Waals surface area contributed by atoms with E-state index in [-0.39, 0.29) is 0 Å². The van der Waals surface area contributed by atoms with E-state index in [1.165, 1.54) is 17.6 Å². The van der Waals surface area contributed by atoms with Crippen molar-refractivity contribution in [1.29, 1.82) is 0 Å². The topological polar surface area (TPSA) is 74.8 Å². The summed E-state index contributed by atoms with van der Waals surface area (Å²) >= 11 is 1.74. The van der Waals surface area contributed by atoms with Gasteiger partial charge >= 0.3 is 6.09 Å². The molecule has 0 aliphatic heterocycles. The largest absolute Gasteiger partial charge is 0.453 e. The van der Waals surface area contributed by atoms with Crippen LogP contribution in [0.25, 0.3) is 0 Å². The van der Waals surface area contributed by atoms with E-state index in [2.05, 4.69) is 44.0 Å². The van der Waals surface area contributed by atoms with Gasteiger partial charge < -0.3 is 15.4 Å². The molecule has 6 nitrogen and oxygen atoms in total. The Hall–Kier alpha value is -2.54. The fraction of sp³-hybridized carbons (Fsp3) is 0.333. The standard InChI is InChI=1S/C18H24N4O2S/c1-4-19-17(21-12-16-13(2)9-10-25-16)20-11-14-5-7-15(8-6-14)22-18(23)24-3/h5-10H,4,11-12H2,1-3H3,(H,22,23)(H2,19,20,21). The number of guanidine groups is 1. The lowest BCUT2D eigenvalue weighted by atomic mass is 10.2. The van der Waals surface area contributed by atoms with Crippen LogP contribution in [0.1, 0.15) is 22.9 Å². The maximum atomic E-state index is 11.2. The molecule has 1 aromatic carbocycles. The van der Waals surface area contributed by atoms with Crippen LogP contribution in [-0.2, 0) is 17.8 Å². The molecule has 0 fully saturated rings. The summed E-state index contributed by atoms with van der Waals surface area (Å²) in [6, 6.07) is 9.65. The van der Waals surface area contributed by atoms with Gasteiger partial charge in [-0.3, -0.25) is 5.32 Å². The van der Waals surface area contributed by atoms with Crippen LogP contribution in [0.4, 0.5) is 10.5 Å². The third-order valence-electron chi connectivity index (χ3n) is 3.53. The average molecular weight is 360 g/mol. The Morgan fingerprint density at radius 2 is 1.96 bits per heavy atom. The fourth-order valence-electron chi connectivity index (χ4n) is 2.12. The molecule has 134 valence electrons. The number of rotatable bonds is 6. The third kappa shape index (κ3) is 6.11. The second-order valence-corrected chi connectivity index (χ2v) is 6.39. The van der Waals surface area contributed by atoms with E-state index < -0.39 is 6.09 Å². The number of carbonyl (C=O) groups excluding carboxylic acids is 1. The number of nitrogens with zero attached hydrogens (tertiary/aromatic N) is 1. The number of ether oxygens (including phenoxy) is 1. The summed E-state index contributed by atoms with van der Waals surface area (Å²) in [5.41, 5.74) is 3.04. The van der Waals surface area contributed by atoms with Crippen molar-refractivity contribution in [3.63, 3.8) is 0 Å². The number of aryl methyl sites for hydroxylation is 1. The van der Waals surface area contributed by atoms with Gasteiger partial charge in [-0.2, -0.15) is 0 Å². The molecule has 2 aromatic rings. The zero-order valence-corrected chi connectivity index (χ0v) is 15.6. The molecule has 0 unspecified atom stereocenters. The number of methoxy groups -OCH3 is 1. The first-order valence-corrected chi connectivity index (χ1v) is 8.99. The van der Waals surface area contributed by atoms with Crippen molar-refractivity contribution in [1.82, 2.24) is 10.6 Å². The van der Waals surface area contributed by atoms with Gasteiger partial charge in [-0.1, -0.05) is 12.1 Å². The quantitative estimate of drug-likeness (QED) is 0.544. The van der Waals surface area contributed by atoms with Crippen molar-refractivity contribution in [2.75, 3.05) is 19.0 Å². The van der Waals surface area contributed by atoms with Gasteiger partial charge in [0.05, 0.1) is 20.2 Å². The first-order chi connectivity index (χ1) is 12.1. The van der Waals surface area contributed by atoms with Gasteiger partial charge in [0.25, 0.3) is 0 Å². The van der Waals surface area contributed by atoms with Crippen molar-refractivity contribution in [3.05, 3.63) is 51.7 Å². The highest BCUT2D eigenvalue weighted by Crippen LogP contribution is 2.15. The Kier molecular flexibility index (Phi) is 7.28. The Bertz CT molecular complexity index is 710. The van der Waals surface area contributed by atoms with E-state index in [1.807, 2.05) is 31.2 Å². The Labute approximate surface area is 152 Å². The molecule has 1 heterocycles. The minimum atomic E-state index is -0.478. The number of aliphatic imine (C=N–C) groups is 1. The number of carbonyl (C=O) groups is 1. The predicted octanol–water partition coefficient (Wildman–Crippen LogP) is 3.49. The summed E-state index contributed by atoms with van der Waals surface area (Å²) in [5, 5.41) is 11.3. The lowest BCUT2D eigenvalue weighted by Crippen LogP contribution is -2.36. The maximum Gasteiger partial charge on any atom is 0.411 e. The van der Waals surface area contributed by atoms with Gasteiger partial charge in [0.15, 0.2) is 5.96 Å². The number of benzene rings is 1. The minimum absolute atomic E-state index is 0.478. The van der Waals surface area contributed by atoms with Gasteiger partial charge in [0, 0.05) is 17.1 Å². The van der Waals surface area contributed by atoms with Crippen LogP contribution < -0.4 is 16.0 Å². The zero-order chi connectivity index (χ0) is 18.1. The van der Waals surface area contributed by atoms with Gasteiger partial charge in [0.2, 0.25) is 0 Å². The van der Waals surface area contributed by atoms with Gasteiger partial charge in [0.1, 0.15) is 0 Å². The maximum absolute atomic E-state index is 11.2. The van der Waals surface area contributed by atoms with Crippen molar-refractivity contribution in [2.24, 2.45) is 4.99 Å². The molecule has 0 radical (unpaired) electrons.